The third-order valence-corrected chi connectivity index (χ3v) is 4.05. The lowest BCUT2D eigenvalue weighted by atomic mass is 9.85. The van der Waals surface area contributed by atoms with Gasteiger partial charge in [0.15, 0.2) is 0 Å². The van der Waals surface area contributed by atoms with Crippen molar-refractivity contribution in [3.8, 4) is 0 Å². The normalized spacial score (nSPS) is 18.8. The average Bonchev–Trinajstić information content (AvgIpc) is 2.33. The molecule has 1 saturated carbocycles. The minimum Gasteiger partial charge on any atom is -0.389 e. The molecule has 0 unspecified atom stereocenters. The number of hydrogen-bond donors (Lipinski definition) is 2. The Morgan fingerprint density at radius 2 is 1.89 bits per heavy atom. The zero-order valence-electron chi connectivity index (χ0n) is 11.6. The molecule has 100 valence electrons. The second-order valence-electron chi connectivity index (χ2n) is 5.82. The van der Waals surface area contributed by atoms with Crippen molar-refractivity contribution in [1.29, 1.82) is 0 Å². The molecule has 0 amide bonds. The molecule has 0 heterocycles. The van der Waals surface area contributed by atoms with Crippen LogP contribution in [0.5, 0.6) is 0 Å². The largest absolute Gasteiger partial charge is 0.389 e. The molecule has 18 heavy (non-hydrogen) atoms. The van der Waals surface area contributed by atoms with Crippen molar-refractivity contribution in [3.63, 3.8) is 0 Å². The van der Waals surface area contributed by atoms with Crippen LogP contribution < -0.4 is 5.32 Å². The van der Waals surface area contributed by atoms with E-state index in [2.05, 4.69) is 37.4 Å². The lowest BCUT2D eigenvalue weighted by molar-refractivity contribution is 0.00466. The van der Waals surface area contributed by atoms with Crippen LogP contribution in [-0.4, -0.2) is 17.3 Å². The highest BCUT2D eigenvalue weighted by atomic mass is 16.3. The van der Waals surface area contributed by atoms with Crippen molar-refractivity contribution in [2.45, 2.75) is 58.1 Å². The van der Waals surface area contributed by atoms with Crippen molar-refractivity contribution < 1.29 is 5.11 Å². The molecule has 0 atom stereocenters. The van der Waals surface area contributed by atoms with Crippen molar-refractivity contribution in [1.82, 2.24) is 5.32 Å². The standard InChI is InChI=1S/C16H25NO/c1-13-6-7-15(14(2)10-13)11-17-12-16(18)8-4-3-5-9-16/h6-7,10,17-18H,3-5,8-9,11-12H2,1-2H3. The Bertz CT molecular complexity index is 394. The lowest BCUT2D eigenvalue weighted by Gasteiger charge is -2.32. The van der Waals surface area contributed by atoms with Gasteiger partial charge in [-0.1, -0.05) is 43.0 Å². The summed E-state index contributed by atoms with van der Waals surface area (Å²) in [7, 11) is 0. The predicted molar refractivity (Wildman–Crippen MR) is 75.7 cm³/mol. The first kappa shape index (κ1) is 13.6. The molecule has 0 aliphatic heterocycles. The number of nitrogens with one attached hydrogen (secondary N) is 1. The van der Waals surface area contributed by atoms with Gasteiger partial charge in [-0.05, 0) is 37.8 Å². The van der Waals surface area contributed by atoms with E-state index in [9.17, 15) is 5.11 Å². The molecule has 1 aromatic carbocycles. The fraction of sp³-hybridized carbons (Fsp3) is 0.625. The fourth-order valence-corrected chi connectivity index (χ4v) is 2.86. The predicted octanol–water partition coefficient (Wildman–Crippen LogP) is 3.09. The van der Waals surface area contributed by atoms with Gasteiger partial charge in [-0.25, -0.2) is 0 Å². The van der Waals surface area contributed by atoms with Crippen LogP contribution in [0.1, 0.15) is 48.8 Å². The van der Waals surface area contributed by atoms with Gasteiger partial charge in [-0.3, -0.25) is 0 Å². The molecule has 0 aromatic heterocycles. The fourth-order valence-electron chi connectivity index (χ4n) is 2.86. The smallest absolute Gasteiger partial charge is 0.0771 e. The van der Waals surface area contributed by atoms with Crippen LogP contribution in [0, 0.1) is 13.8 Å². The second-order valence-corrected chi connectivity index (χ2v) is 5.82. The molecule has 0 saturated heterocycles. The molecule has 0 bridgehead atoms. The SMILES string of the molecule is Cc1ccc(CNCC2(O)CCCCC2)c(C)c1. The highest BCUT2D eigenvalue weighted by Gasteiger charge is 2.28. The van der Waals surface area contributed by atoms with Gasteiger partial charge in [0, 0.05) is 13.1 Å². The molecule has 2 heteroatoms. The first-order chi connectivity index (χ1) is 8.59. The molecule has 2 rings (SSSR count). The zero-order chi connectivity index (χ0) is 13.0. The van der Waals surface area contributed by atoms with Crippen molar-refractivity contribution >= 4 is 0 Å². The van der Waals surface area contributed by atoms with E-state index in [1.807, 2.05) is 0 Å². The third-order valence-electron chi connectivity index (χ3n) is 4.05. The van der Waals surface area contributed by atoms with Gasteiger partial charge in [-0.15, -0.1) is 0 Å². The molecule has 2 N–H and O–H groups in total. The van der Waals surface area contributed by atoms with E-state index < -0.39 is 5.60 Å². The van der Waals surface area contributed by atoms with E-state index in [0.29, 0.717) is 0 Å². The topological polar surface area (TPSA) is 32.3 Å². The average molecular weight is 247 g/mol. The van der Waals surface area contributed by atoms with Gasteiger partial charge in [-0.2, -0.15) is 0 Å². The minimum absolute atomic E-state index is 0.461. The van der Waals surface area contributed by atoms with E-state index >= 15 is 0 Å². The van der Waals surface area contributed by atoms with Crippen molar-refractivity contribution in [2.24, 2.45) is 0 Å². The molecule has 0 spiro atoms. The summed E-state index contributed by atoms with van der Waals surface area (Å²) in [4.78, 5) is 0. The molecule has 1 aromatic rings. The van der Waals surface area contributed by atoms with E-state index in [4.69, 9.17) is 0 Å². The Hall–Kier alpha value is -0.860. The first-order valence-electron chi connectivity index (χ1n) is 7.08. The van der Waals surface area contributed by atoms with Crippen LogP contribution in [0.2, 0.25) is 0 Å². The summed E-state index contributed by atoms with van der Waals surface area (Å²) in [6.45, 7) is 5.85. The summed E-state index contributed by atoms with van der Waals surface area (Å²) in [6.07, 6.45) is 5.52. The summed E-state index contributed by atoms with van der Waals surface area (Å²) in [5, 5.41) is 13.8. The van der Waals surface area contributed by atoms with Gasteiger partial charge < -0.3 is 10.4 Å². The zero-order valence-corrected chi connectivity index (χ0v) is 11.6. The van der Waals surface area contributed by atoms with E-state index in [0.717, 1.165) is 25.9 Å². The van der Waals surface area contributed by atoms with Gasteiger partial charge in [0.25, 0.3) is 0 Å². The number of aliphatic hydroxyl groups is 1. The van der Waals surface area contributed by atoms with E-state index in [1.165, 1.54) is 36.0 Å². The number of hydrogen-bond acceptors (Lipinski definition) is 2. The van der Waals surface area contributed by atoms with Crippen LogP contribution in [-0.2, 0) is 6.54 Å². The van der Waals surface area contributed by atoms with Crippen LogP contribution >= 0.6 is 0 Å². The van der Waals surface area contributed by atoms with E-state index in [1.54, 1.807) is 0 Å². The Labute approximate surface area is 110 Å². The van der Waals surface area contributed by atoms with Crippen LogP contribution in [0.3, 0.4) is 0 Å². The molecule has 1 fully saturated rings. The minimum atomic E-state index is -0.461. The molecule has 1 aliphatic rings. The molecular formula is C16H25NO. The summed E-state index contributed by atoms with van der Waals surface area (Å²) in [5.74, 6) is 0. The highest BCUT2D eigenvalue weighted by molar-refractivity contribution is 5.30. The monoisotopic (exact) mass is 247 g/mol. The summed E-state index contributed by atoms with van der Waals surface area (Å²) in [5.41, 5.74) is 3.51. The highest BCUT2D eigenvalue weighted by Crippen LogP contribution is 2.27. The van der Waals surface area contributed by atoms with Crippen LogP contribution in [0.15, 0.2) is 18.2 Å². The Morgan fingerprint density at radius 1 is 1.17 bits per heavy atom. The summed E-state index contributed by atoms with van der Waals surface area (Å²) >= 11 is 0. The maximum absolute atomic E-state index is 10.4. The molecule has 0 radical (unpaired) electrons. The van der Waals surface area contributed by atoms with Gasteiger partial charge in [0.2, 0.25) is 0 Å². The maximum atomic E-state index is 10.4. The van der Waals surface area contributed by atoms with Crippen LogP contribution in [0.25, 0.3) is 0 Å². The Balaban J connectivity index is 1.84. The van der Waals surface area contributed by atoms with E-state index in [-0.39, 0.29) is 0 Å². The first-order valence-corrected chi connectivity index (χ1v) is 7.08. The quantitative estimate of drug-likeness (QED) is 0.857. The van der Waals surface area contributed by atoms with Crippen molar-refractivity contribution in [3.05, 3.63) is 34.9 Å². The van der Waals surface area contributed by atoms with Crippen LogP contribution in [0.4, 0.5) is 0 Å². The molecule has 2 nitrogen and oxygen atoms in total. The van der Waals surface area contributed by atoms with Gasteiger partial charge >= 0.3 is 0 Å². The van der Waals surface area contributed by atoms with Gasteiger partial charge in [0.1, 0.15) is 0 Å². The molecule has 1 aliphatic carbocycles. The van der Waals surface area contributed by atoms with Crippen molar-refractivity contribution in [2.75, 3.05) is 6.54 Å². The van der Waals surface area contributed by atoms with Gasteiger partial charge in [0.05, 0.1) is 5.60 Å². The third kappa shape index (κ3) is 3.56. The number of benzene rings is 1. The maximum Gasteiger partial charge on any atom is 0.0771 e. The summed E-state index contributed by atoms with van der Waals surface area (Å²) in [6, 6.07) is 6.55. The lowest BCUT2D eigenvalue weighted by Crippen LogP contribution is -2.41. The second kappa shape index (κ2) is 5.85. The molecular weight excluding hydrogens is 222 g/mol. The summed E-state index contributed by atoms with van der Waals surface area (Å²) < 4.78 is 0. The number of rotatable bonds is 4. The number of aryl methyl sites for hydroxylation is 2. The Morgan fingerprint density at radius 3 is 2.56 bits per heavy atom. The Kier molecular flexibility index (Phi) is 4.41.